The number of halogens is 1. The molecule has 0 radical (unpaired) electrons. The molecule has 98 valence electrons. The van der Waals surface area contributed by atoms with Crippen molar-refractivity contribution >= 4 is 34.6 Å². The van der Waals surface area contributed by atoms with Gasteiger partial charge >= 0.3 is 0 Å². The summed E-state index contributed by atoms with van der Waals surface area (Å²) in [5, 5.41) is 7.45. The van der Waals surface area contributed by atoms with Crippen molar-refractivity contribution in [1.82, 2.24) is 10.3 Å². The minimum Gasteiger partial charge on any atom is -0.357 e. The summed E-state index contributed by atoms with van der Waals surface area (Å²) in [5.41, 5.74) is 2.85. The molecule has 0 fully saturated rings. The summed E-state index contributed by atoms with van der Waals surface area (Å²) >= 11 is 11.3. The number of aromatic nitrogens is 1. The van der Waals surface area contributed by atoms with E-state index in [9.17, 15) is 0 Å². The van der Waals surface area contributed by atoms with Gasteiger partial charge in [0.1, 0.15) is 0 Å². The Labute approximate surface area is 123 Å². The van der Waals surface area contributed by atoms with Crippen molar-refractivity contribution < 1.29 is 0 Å². The number of benzene rings is 1. The van der Waals surface area contributed by atoms with Crippen molar-refractivity contribution in [2.75, 3.05) is 5.32 Å². The molecule has 3 nitrogen and oxygen atoms in total. The lowest BCUT2D eigenvalue weighted by Gasteiger charge is -2.11. The Bertz CT molecular complexity index is 572. The summed E-state index contributed by atoms with van der Waals surface area (Å²) in [5.74, 6) is 0. The van der Waals surface area contributed by atoms with E-state index in [2.05, 4.69) is 15.6 Å². The predicted octanol–water partition coefficient (Wildman–Crippen LogP) is 3.53. The van der Waals surface area contributed by atoms with E-state index in [0.29, 0.717) is 11.7 Å². The van der Waals surface area contributed by atoms with Crippen LogP contribution >= 0.6 is 23.8 Å². The highest BCUT2D eigenvalue weighted by Crippen LogP contribution is 2.19. The molecule has 0 aliphatic heterocycles. The molecule has 0 unspecified atom stereocenters. The third kappa shape index (κ3) is 4.19. The molecule has 2 rings (SSSR count). The zero-order valence-electron chi connectivity index (χ0n) is 10.5. The molecular formula is C14H14ClN3S. The summed E-state index contributed by atoms with van der Waals surface area (Å²) in [4.78, 5) is 4.21. The second-order valence-corrected chi connectivity index (χ2v) is 4.91. The number of hydrogen-bond donors (Lipinski definition) is 2. The average Bonchev–Trinajstić information content (AvgIpc) is 2.42. The minimum atomic E-state index is 0.547. The lowest BCUT2D eigenvalue weighted by atomic mass is 10.2. The molecule has 2 aromatic rings. The van der Waals surface area contributed by atoms with E-state index in [1.165, 1.54) is 0 Å². The average molecular weight is 292 g/mol. The zero-order valence-corrected chi connectivity index (χ0v) is 12.1. The zero-order chi connectivity index (χ0) is 13.7. The fraction of sp³-hybridized carbons (Fsp3) is 0.143. The molecule has 2 N–H and O–H groups in total. The van der Waals surface area contributed by atoms with Gasteiger partial charge in [0.2, 0.25) is 0 Å². The smallest absolute Gasteiger partial charge is 0.171 e. The molecule has 0 saturated carbocycles. The van der Waals surface area contributed by atoms with E-state index in [-0.39, 0.29) is 0 Å². The van der Waals surface area contributed by atoms with Gasteiger partial charge in [0, 0.05) is 16.9 Å². The van der Waals surface area contributed by atoms with Gasteiger partial charge in [0.15, 0.2) is 5.11 Å². The van der Waals surface area contributed by atoms with Crippen molar-refractivity contribution in [3.63, 3.8) is 0 Å². The van der Waals surface area contributed by atoms with Gasteiger partial charge in [-0.05, 0) is 49.0 Å². The first-order valence-electron chi connectivity index (χ1n) is 5.86. The van der Waals surface area contributed by atoms with Crippen LogP contribution in [0.2, 0.25) is 5.02 Å². The molecule has 0 aliphatic carbocycles. The molecule has 0 bridgehead atoms. The molecule has 0 amide bonds. The number of anilines is 1. The number of rotatable bonds is 3. The normalized spacial score (nSPS) is 10.0. The largest absolute Gasteiger partial charge is 0.357 e. The molecule has 19 heavy (non-hydrogen) atoms. The van der Waals surface area contributed by atoms with Crippen LogP contribution in [0.1, 0.15) is 11.3 Å². The van der Waals surface area contributed by atoms with Crippen molar-refractivity contribution in [3.05, 3.63) is 58.9 Å². The van der Waals surface area contributed by atoms with Gasteiger partial charge in [-0.2, -0.15) is 0 Å². The van der Waals surface area contributed by atoms with Gasteiger partial charge in [-0.3, -0.25) is 4.98 Å². The summed E-state index contributed by atoms with van der Waals surface area (Å²) in [7, 11) is 0. The van der Waals surface area contributed by atoms with E-state index in [4.69, 9.17) is 23.8 Å². The second-order valence-electron chi connectivity index (χ2n) is 4.09. The van der Waals surface area contributed by atoms with Crippen LogP contribution in [0.15, 0.2) is 42.6 Å². The molecule has 0 aliphatic rings. The van der Waals surface area contributed by atoms with Crippen LogP contribution in [-0.2, 0) is 6.54 Å². The maximum absolute atomic E-state index is 6.06. The van der Waals surface area contributed by atoms with E-state index in [1.807, 2.05) is 43.3 Å². The number of hydrogen-bond acceptors (Lipinski definition) is 2. The number of aryl methyl sites for hydroxylation is 1. The molecular weight excluding hydrogens is 278 g/mol. The van der Waals surface area contributed by atoms with Gasteiger partial charge < -0.3 is 10.6 Å². The molecule has 1 aromatic carbocycles. The van der Waals surface area contributed by atoms with E-state index < -0.39 is 0 Å². The first kappa shape index (κ1) is 13.8. The highest BCUT2D eigenvalue weighted by atomic mass is 35.5. The number of nitrogens with zero attached hydrogens (tertiary/aromatic N) is 1. The fourth-order valence-corrected chi connectivity index (χ4v) is 1.89. The third-order valence-electron chi connectivity index (χ3n) is 2.59. The lowest BCUT2D eigenvalue weighted by molar-refractivity contribution is 0.882. The highest BCUT2D eigenvalue weighted by molar-refractivity contribution is 7.80. The van der Waals surface area contributed by atoms with Crippen LogP contribution in [0, 0.1) is 6.92 Å². The van der Waals surface area contributed by atoms with E-state index >= 15 is 0 Å². The van der Waals surface area contributed by atoms with Crippen LogP contribution in [-0.4, -0.2) is 10.1 Å². The topological polar surface area (TPSA) is 37.0 Å². The Morgan fingerprint density at radius 3 is 2.84 bits per heavy atom. The third-order valence-corrected chi connectivity index (χ3v) is 3.24. The maximum Gasteiger partial charge on any atom is 0.171 e. The van der Waals surface area contributed by atoms with Crippen LogP contribution in [0.4, 0.5) is 5.69 Å². The lowest BCUT2D eigenvalue weighted by Crippen LogP contribution is -2.28. The standard InChI is InChI=1S/C14H14ClN3S/c1-10-5-6-11(8-13(10)15)18-14(19)17-9-12-4-2-3-7-16-12/h2-8H,9H2,1H3,(H2,17,18,19). The van der Waals surface area contributed by atoms with Gasteiger partial charge in [0.05, 0.1) is 12.2 Å². The van der Waals surface area contributed by atoms with Crippen molar-refractivity contribution in [2.45, 2.75) is 13.5 Å². The Hall–Kier alpha value is -1.65. The second kappa shape index (κ2) is 6.50. The Morgan fingerprint density at radius 2 is 2.16 bits per heavy atom. The van der Waals surface area contributed by atoms with Crippen LogP contribution < -0.4 is 10.6 Å². The highest BCUT2D eigenvalue weighted by Gasteiger charge is 2.01. The number of nitrogens with one attached hydrogen (secondary N) is 2. The first-order chi connectivity index (χ1) is 9.15. The van der Waals surface area contributed by atoms with Gasteiger partial charge in [0.25, 0.3) is 0 Å². The molecule has 0 saturated heterocycles. The Balaban J connectivity index is 1.89. The molecule has 0 spiro atoms. The SMILES string of the molecule is Cc1ccc(NC(=S)NCc2ccccn2)cc1Cl. The first-order valence-corrected chi connectivity index (χ1v) is 6.64. The Kier molecular flexibility index (Phi) is 4.71. The minimum absolute atomic E-state index is 0.547. The molecule has 1 aromatic heterocycles. The van der Waals surface area contributed by atoms with Crippen molar-refractivity contribution in [3.8, 4) is 0 Å². The van der Waals surface area contributed by atoms with Crippen LogP contribution in [0.5, 0.6) is 0 Å². The van der Waals surface area contributed by atoms with Gasteiger partial charge in [-0.25, -0.2) is 0 Å². The summed E-state index contributed by atoms with van der Waals surface area (Å²) in [6.07, 6.45) is 1.76. The predicted molar refractivity (Wildman–Crippen MR) is 83.5 cm³/mol. The molecule has 1 heterocycles. The quantitative estimate of drug-likeness (QED) is 0.848. The van der Waals surface area contributed by atoms with Gasteiger partial charge in [-0.1, -0.05) is 23.7 Å². The number of pyridine rings is 1. The summed E-state index contributed by atoms with van der Waals surface area (Å²) in [6.45, 7) is 2.55. The monoisotopic (exact) mass is 291 g/mol. The number of thiocarbonyl (C=S) groups is 1. The van der Waals surface area contributed by atoms with Crippen molar-refractivity contribution in [1.29, 1.82) is 0 Å². The van der Waals surface area contributed by atoms with Crippen LogP contribution in [0.3, 0.4) is 0 Å². The van der Waals surface area contributed by atoms with Gasteiger partial charge in [-0.15, -0.1) is 0 Å². The molecule has 0 atom stereocenters. The van der Waals surface area contributed by atoms with E-state index in [1.54, 1.807) is 6.20 Å². The van der Waals surface area contributed by atoms with Crippen molar-refractivity contribution in [2.24, 2.45) is 0 Å². The maximum atomic E-state index is 6.06. The molecule has 5 heteroatoms. The summed E-state index contributed by atoms with van der Waals surface area (Å²) < 4.78 is 0. The van der Waals surface area contributed by atoms with Crippen LogP contribution in [0.25, 0.3) is 0 Å². The fourth-order valence-electron chi connectivity index (χ4n) is 1.52. The summed E-state index contributed by atoms with van der Waals surface area (Å²) in [6, 6.07) is 11.5. The Morgan fingerprint density at radius 1 is 1.32 bits per heavy atom. The van der Waals surface area contributed by atoms with E-state index in [0.717, 1.165) is 22.0 Å².